The molecule has 0 unspecified atom stereocenters. The third-order valence-corrected chi connectivity index (χ3v) is 4.21. The maximum atomic E-state index is 5.73. The van der Waals surface area contributed by atoms with Crippen molar-refractivity contribution in [3.8, 4) is 0 Å². The van der Waals surface area contributed by atoms with E-state index in [1.165, 1.54) is 37.7 Å². The fraction of sp³-hybridized carbons (Fsp3) is 0.571. The average Bonchev–Trinajstić information content (AvgIpc) is 2.98. The van der Waals surface area contributed by atoms with E-state index in [1.54, 1.807) is 0 Å². The van der Waals surface area contributed by atoms with Crippen LogP contribution in [0.5, 0.6) is 0 Å². The van der Waals surface area contributed by atoms with E-state index in [9.17, 15) is 0 Å². The van der Waals surface area contributed by atoms with Gasteiger partial charge in [0.05, 0.1) is 0 Å². The highest BCUT2D eigenvalue weighted by molar-refractivity contribution is 5.43. The van der Waals surface area contributed by atoms with Gasteiger partial charge >= 0.3 is 0 Å². The Balaban J connectivity index is 1.65. The summed E-state index contributed by atoms with van der Waals surface area (Å²) >= 11 is 0. The van der Waals surface area contributed by atoms with Crippen LogP contribution < -0.4 is 11.1 Å². The molecule has 0 spiro atoms. The van der Waals surface area contributed by atoms with Gasteiger partial charge in [0.2, 0.25) is 0 Å². The molecule has 0 aliphatic heterocycles. The first kappa shape index (κ1) is 10.2. The molecule has 0 amide bonds. The molecule has 3 N–H and O–H groups in total. The Kier molecular flexibility index (Phi) is 2.40. The third-order valence-electron chi connectivity index (χ3n) is 4.21. The molecular weight excluding hydrogens is 196 g/mol. The molecule has 0 heterocycles. The normalized spacial score (nSPS) is 22.8. The lowest BCUT2D eigenvalue weighted by Gasteiger charge is -2.29. The monoisotopic (exact) mass is 216 g/mol. The Morgan fingerprint density at radius 3 is 2.38 bits per heavy atom. The highest BCUT2D eigenvalue weighted by Gasteiger charge is 2.44. The summed E-state index contributed by atoms with van der Waals surface area (Å²) in [4.78, 5) is 0. The van der Waals surface area contributed by atoms with Gasteiger partial charge < -0.3 is 11.1 Å². The Bertz CT molecular complexity index is 361. The molecule has 0 bridgehead atoms. The molecule has 0 saturated heterocycles. The van der Waals surface area contributed by atoms with Gasteiger partial charge in [-0.15, -0.1) is 0 Å². The van der Waals surface area contributed by atoms with Crippen LogP contribution in [0.2, 0.25) is 0 Å². The molecule has 86 valence electrons. The summed E-state index contributed by atoms with van der Waals surface area (Å²) in [5.41, 5.74) is 8.49. The van der Waals surface area contributed by atoms with Crippen LogP contribution in [0.25, 0.3) is 0 Å². The molecule has 0 radical (unpaired) electrons. The van der Waals surface area contributed by atoms with Gasteiger partial charge in [0, 0.05) is 23.7 Å². The molecular formula is C14H20N2. The molecule has 16 heavy (non-hydrogen) atoms. The summed E-state index contributed by atoms with van der Waals surface area (Å²) in [6.07, 6.45) is 6.81. The SMILES string of the molecule is Nc1ccc(C2(CNC3CCC3)CC2)cc1. The maximum absolute atomic E-state index is 5.73. The highest BCUT2D eigenvalue weighted by Crippen LogP contribution is 2.48. The molecule has 2 heteroatoms. The van der Waals surface area contributed by atoms with E-state index in [4.69, 9.17) is 5.73 Å². The minimum Gasteiger partial charge on any atom is -0.399 e. The van der Waals surface area contributed by atoms with Crippen LogP contribution in [-0.2, 0) is 5.41 Å². The number of anilines is 1. The third kappa shape index (κ3) is 1.82. The second-order valence-corrected chi connectivity index (χ2v) is 5.41. The molecule has 1 aromatic rings. The van der Waals surface area contributed by atoms with Crippen LogP contribution >= 0.6 is 0 Å². The largest absolute Gasteiger partial charge is 0.399 e. The van der Waals surface area contributed by atoms with Crippen LogP contribution in [0.1, 0.15) is 37.7 Å². The second kappa shape index (κ2) is 3.77. The Morgan fingerprint density at radius 2 is 1.88 bits per heavy atom. The highest BCUT2D eigenvalue weighted by atomic mass is 14.9. The topological polar surface area (TPSA) is 38.0 Å². The maximum Gasteiger partial charge on any atom is 0.0314 e. The van der Waals surface area contributed by atoms with Crippen LogP contribution in [-0.4, -0.2) is 12.6 Å². The van der Waals surface area contributed by atoms with Gasteiger partial charge in [0.25, 0.3) is 0 Å². The van der Waals surface area contributed by atoms with Crippen molar-refractivity contribution in [2.75, 3.05) is 12.3 Å². The molecule has 0 atom stereocenters. The lowest BCUT2D eigenvalue weighted by Crippen LogP contribution is -2.39. The first-order valence-corrected chi connectivity index (χ1v) is 6.38. The Hall–Kier alpha value is -1.02. The number of nitrogens with one attached hydrogen (secondary N) is 1. The van der Waals surface area contributed by atoms with E-state index < -0.39 is 0 Å². The van der Waals surface area contributed by atoms with E-state index in [1.807, 2.05) is 12.1 Å². The van der Waals surface area contributed by atoms with E-state index in [0.29, 0.717) is 5.41 Å². The standard InChI is InChI=1S/C14H20N2/c15-12-6-4-11(5-7-12)14(8-9-14)10-16-13-2-1-3-13/h4-7,13,16H,1-3,8-10,15H2. The zero-order chi connectivity index (χ0) is 11.0. The first-order valence-electron chi connectivity index (χ1n) is 6.38. The van der Waals surface area contributed by atoms with Crippen LogP contribution in [0.15, 0.2) is 24.3 Å². The molecule has 1 aromatic carbocycles. The van der Waals surface area contributed by atoms with Crippen LogP contribution in [0, 0.1) is 0 Å². The van der Waals surface area contributed by atoms with Gasteiger partial charge in [-0.05, 0) is 43.4 Å². The Labute approximate surface area is 97.2 Å². The zero-order valence-corrected chi connectivity index (χ0v) is 9.71. The van der Waals surface area contributed by atoms with Crippen LogP contribution in [0.4, 0.5) is 5.69 Å². The van der Waals surface area contributed by atoms with E-state index >= 15 is 0 Å². The smallest absolute Gasteiger partial charge is 0.0314 e. The average molecular weight is 216 g/mol. The van der Waals surface area contributed by atoms with Crippen molar-refractivity contribution in [2.24, 2.45) is 0 Å². The minimum absolute atomic E-state index is 0.434. The molecule has 2 fully saturated rings. The summed E-state index contributed by atoms with van der Waals surface area (Å²) in [7, 11) is 0. The first-order chi connectivity index (χ1) is 7.78. The van der Waals surface area contributed by atoms with Crippen molar-refractivity contribution in [2.45, 2.75) is 43.6 Å². The number of rotatable bonds is 4. The number of hydrogen-bond acceptors (Lipinski definition) is 2. The number of nitrogen functional groups attached to an aromatic ring is 1. The van der Waals surface area contributed by atoms with Crippen LogP contribution in [0.3, 0.4) is 0 Å². The zero-order valence-electron chi connectivity index (χ0n) is 9.71. The lowest BCUT2D eigenvalue weighted by atomic mass is 9.90. The fourth-order valence-electron chi connectivity index (χ4n) is 2.51. The van der Waals surface area contributed by atoms with Crippen molar-refractivity contribution < 1.29 is 0 Å². The summed E-state index contributed by atoms with van der Waals surface area (Å²) in [6.45, 7) is 1.15. The summed E-state index contributed by atoms with van der Waals surface area (Å²) in [5, 5.41) is 3.70. The van der Waals surface area contributed by atoms with E-state index in [0.717, 1.165) is 18.3 Å². The Morgan fingerprint density at radius 1 is 1.19 bits per heavy atom. The predicted octanol–water partition coefficient (Wildman–Crippen LogP) is 2.44. The molecule has 2 aliphatic rings. The van der Waals surface area contributed by atoms with Gasteiger partial charge in [0.15, 0.2) is 0 Å². The second-order valence-electron chi connectivity index (χ2n) is 5.41. The molecule has 0 aromatic heterocycles. The predicted molar refractivity (Wildman–Crippen MR) is 67.4 cm³/mol. The van der Waals surface area contributed by atoms with Gasteiger partial charge in [-0.1, -0.05) is 18.6 Å². The molecule has 2 aliphatic carbocycles. The summed E-state index contributed by atoms with van der Waals surface area (Å²) in [6, 6.07) is 9.25. The van der Waals surface area contributed by atoms with E-state index in [-0.39, 0.29) is 0 Å². The van der Waals surface area contributed by atoms with Gasteiger partial charge in [-0.3, -0.25) is 0 Å². The number of benzene rings is 1. The number of hydrogen-bond donors (Lipinski definition) is 2. The van der Waals surface area contributed by atoms with Crippen molar-refractivity contribution in [1.29, 1.82) is 0 Å². The quantitative estimate of drug-likeness (QED) is 0.759. The number of nitrogens with two attached hydrogens (primary N) is 1. The van der Waals surface area contributed by atoms with Crippen molar-refractivity contribution in [3.63, 3.8) is 0 Å². The minimum atomic E-state index is 0.434. The summed E-state index contributed by atoms with van der Waals surface area (Å²) in [5.74, 6) is 0. The molecule has 3 rings (SSSR count). The summed E-state index contributed by atoms with van der Waals surface area (Å²) < 4.78 is 0. The fourth-order valence-corrected chi connectivity index (χ4v) is 2.51. The van der Waals surface area contributed by atoms with Crippen molar-refractivity contribution in [1.82, 2.24) is 5.32 Å². The van der Waals surface area contributed by atoms with E-state index in [2.05, 4.69) is 17.4 Å². The van der Waals surface area contributed by atoms with Gasteiger partial charge in [-0.25, -0.2) is 0 Å². The molecule has 2 nitrogen and oxygen atoms in total. The lowest BCUT2D eigenvalue weighted by molar-refractivity contribution is 0.328. The molecule has 2 saturated carbocycles. The van der Waals surface area contributed by atoms with Crippen molar-refractivity contribution >= 4 is 5.69 Å². The van der Waals surface area contributed by atoms with Gasteiger partial charge in [0.1, 0.15) is 0 Å². The van der Waals surface area contributed by atoms with Gasteiger partial charge in [-0.2, -0.15) is 0 Å². The van der Waals surface area contributed by atoms with Crippen molar-refractivity contribution in [3.05, 3.63) is 29.8 Å².